The molecule has 0 saturated carbocycles. The summed E-state index contributed by atoms with van der Waals surface area (Å²) in [6.07, 6.45) is 3.17. The number of halogens is 1. The molecule has 5 heteroatoms. The monoisotopic (exact) mass is 338 g/mol. The molecule has 1 N–H and O–H groups in total. The smallest absolute Gasteiger partial charge is 0.236 e. The van der Waals surface area contributed by atoms with E-state index < -0.39 is 0 Å². The Balaban J connectivity index is 1.64. The molecule has 1 saturated heterocycles. The van der Waals surface area contributed by atoms with Crippen molar-refractivity contribution in [3.05, 3.63) is 28.2 Å². The van der Waals surface area contributed by atoms with Crippen LogP contribution in [0.15, 0.2) is 22.7 Å². The van der Waals surface area contributed by atoms with Crippen molar-refractivity contribution in [1.82, 2.24) is 10.2 Å². The van der Waals surface area contributed by atoms with Crippen molar-refractivity contribution in [2.75, 3.05) is 26.2 Å². The summed E-state index contributed by atoms with van der Waals surface area (Å²) in [5.41, 5.74) is 1.14. The van der Waals surface area contributed by atoms with Gasteiger partial charge in [-0.25, -0.2) is 0 Å². The maximum Gasteiger partial charge on any atom is 0.236 e. The highest BCUT2D eigenvalue weighted by Gasteiger charge is 2.24. The second-order valence-corrected chi connectivity index (χ2v) is 6.26. The van der Waals surface area contributed by atoms with Gasteiger partial charge >= 0.3 is 0 Å². The molecule has 0 bridgehead atoms. The van der Waals surface area contributed by atoms with Crippen molar-refractivity contribution in [3.63, 3.8) is 0 Å². The number of fused-ring (bicyclic) bond motifs is 1. The first-order valence-electron chi connectivity index (χ1n) is 7.17. The summed E-state index contributed by atoms with van der Waals surface area (Å²) in [7, 11) is 0. The molecule has 1 atom stereocenters. The number of ether oxygens (including phenoxy) is 1. The fourth-order valence-electron chi connectivity index (χ4n) is 2.87. The van der Waals surface area contributed by atoms with E-state index in [0.29, 0.717) is 13.2 Å². The van der Waals surface area contributed by atoms with Crippen LogP contribution in [0.1, 0.15) is 30.9 Å². The fourth-order valence-corrected chi connectivity index (χ4v) is 3.24. The quantitative estimate of drug-likeness (QED) is 0.920. The zero-order chi connectivity index (χ0) is 13.9. The highest BCUT2D eigenvalue weighted by molar-refractivity contribution is 9.10. The molecule has 2 aliphatic rings. The summed E-state index contributed by atoms with van der Waals surface area (Å²) in [6, 6.07) is 6.24. The van der Waals surface area contributed by atoms with Gasteiger partial charge in [-0.05, 0) is 31.0 Å². The summed E-state index contributed by atoms with van der Waals surface area (Å²) < 4.78 is 6.70. The number of rotatable bonds is 3. The molecule has 1 fully saturated rings. The first-order chi connectivity index (χ1) is 9.74. The highest BCUT2D eigenvalue weighted by atomic mass is 79.9. The number of amides is 1. The van der Waals surface area contributed by atoms with Crippen molar-refractivity contribution < 1.29 is 9.53 Å². The van der Waals surface area contributed by atoms with Gasteiger partial charge in [0.2, 0.25) is 5.91 Å². The van der Waals surface area contributed by atoms with Crippen molar-refractivity contribution >= 4 is 21.8 Å². The minimum absolute atomic E-state index is 0.197. The zero-order valence-corrected chi connectivity index (χ0v) is 13.0. The molecule has 0 spiro atoms. The van der Waals surface area contributed by atoms with Gasteiger partial charge in [-0.2, -0.15) is 0 Å². The summed E-state index contributed by atoms with van der Waals surface area (Å²) >= 11 is 3.49. The van der Waals surface area contributed by atoms with Crippen LogP contribution in [0.5, 0.6) is 5.75 Å². The van der Waals surface area contributed by atoms with Crippen LogP contribution in [-0.2, 0) is 4.79 Å². The zero-order valence-electron chi connectivity index (χ0n) is 11.4. The van der Waals surface area contributed by atoms with Gasteiger partial charge in [0.1, 0.15) is 5.75 Å². The molecule has 0 aromatic heterocycles. The predicted octanol–water partition coefficient (Wildman–Crippen LogP) is 2.48. The first kappa shape index (κ1) is 13.9. The van der Waals surface area contributed by atoms with Crippen LogP contribution in [0.4, 0.5) is 0 Å². The molecule has 3 rings (SSSR count). The molecule has 2 aliphatic heterocycles. The van der Waals surface area contributed by atoms with E-state index in [2.05, 4.69) is 27.3 Å². The van der Waals surface area contributed by atoms with E-state index >= 15 is 0 Å². The molecule has 0 radical (unpaired) electrons. The lowest BCUT2D eigenvalue weighted by Gasteiger charge is -2.27. The standard InChI is InChI=1S/C15H19BrN2O2/c16-11-3-4-14-12(9-11)13(5-8-20-14)17-10-15(19)18-6-1-2-7-18/h3-4,9,13,17H,1-2,5-8,10H2. The maximum absolute atomic E-state index is 12.1. The van der Waals surface area contributed by atoms with Gasteiger partial charge in [0.25, 0.3) is 0 Å². The van der Waals surface area contributed by atoms with Gasteiger partial charge in [0.05, 0.1) is 13.2 Å². The summed E-state index contributed by atoms with van der Waals surface area (Å²) in [4.78, 5) is 14.0. The Morgan fingerprint density at radius 3 is 3.00 bits per heavy atom. The fraction of sp³-hybridized carbons (Fsp3) is 0.533. The Kier molecular flexibility index (Phi) is 4.27. The van der Waals surface area contributed by atoms with E-state index in [-0.39, 0.29) is 11.9 Å². The van der Waals surface area contributed by atoms with E-state index in [1.165, 1.54) is 0 Å². The van der Waals surface area contributed by atoms with Crippen molar-refractivity contribution in [2.45, 2.75) is 25.3 Å². The Hall–Kier alpha value is -1.07. The molecule has 1 aromatic rings. The van der Waals surface area contributed by atoms with Crippen molar-refractivity contribution in [3.8, 4) is 5.75 Å². The summed E-state index contributed by atoms with van der Waals surface area (Å²) in [5, 5.41) is 3.39. The van der Waals surface area contributed by atoms with E-state index in [4.69, 9.17) is 4.74 Å². The lowest BCUT2D eigenvalue weighted by Crippen LogP contribution is -2.38. The van der Waals surface area contributed by atoms with Gasteiger partial charge in [-0.1, -0.05) is 15.9 Å². The lowest BCUT2D eigenvalue weighted by molar-refractivity contribution is -0.129. The largest absolute Gasteiger partial charge is 0.493 e. The molecule has 0 aliphatic carbocycles. The number of nitrogens with zero attached hydrogens (tertiary/aromatic N) is 1. The molecule has 2 heterocycles. The third-order valence-corrected chi connectivity index (χ3v) is 4.46. The number of likely N-dealkylation sites (tertiary alicyclic amines) is 1. The van der Waals surface area contributed by atoms with Gasteiger partial charge in [-0.15, -0.1) is 0 Å². The minimum atomic E-state index is 0.197. The van der Waals surface area contributed by atoms with Crippen LogP contribution < -0.4 is 10.1 Å². The molecule has 108 valence electrons. The number of hydrogen-bond donors (Lipinski definition) is 1. The third kappa shape index (κ3) is 2.99. The van der Waals surface area contributed by atoms with Gasteiger partial charge in [-0.3, -0.25) is 4.79 Å². The first-order valence-corrected chi connectivity index (χ1v) is 7.97. The molecular formula is C15H19BrN2O2. The Morgan fingerprint density at radius 1 is 1.40 bits per heavy atom. The summed E-state index contributed by atoms with van der Waals surface area (Å²) in [6.45, 7) is 2.94. The molecule has 20 heavy (non-hydrogen) atoms. The van der Waals surface area contributed by atoms with E-state index in [1.54, 1.807) is 0 Å². The lowest BCUT2D eigenvalue weighted by atomic mass is 10.0. The SMILES string of the molecule is O=C(CNC1CCOc2ccc(Br)cc21)N1CCCC1. The van der Waals surface area contributed by atoms with Crippen LogP contribution in [-0.4, -0.2) is 37.0 Å². The maximum atomic E-state index is 12.1. The molecule has 4 nitrogen and oxygen atoms in total. The van der Waals surface area contributed by atoms with E-state index in [9.17, 15) is 4.79 Å². The number of carbonyl (C=O) groups excluding carboxylic acids is 1. The van der Waals surface area contributed by atoms with Crippen LogP contribution >= 0.6 is 15.9 Å². The van der Waals surface area contributed by atoms with Crippen LogP contribution in [0.25, 0.3) is 0 Å². The van der Waals surface area contributed by atoms with E-state index in [0.717, 1.165) is 48.1 Å². The third-order valence-electron chi connectivity index (χ3n) is 3.97. The molecule has 1 aromatic carbocycles. The van der Waals surface area contributed by atoms with Crippen LogP contribution in [0.3, 0.4) is 0 Å². The number of benzene rings is 1. The highest BCUT2D eigenvalue weighted by Crippen LogP contribution is 2.33. The van der Waals surface area contributed by atoms with Gasteiger partial charge in [0, 0.05) is 35.6 Å². The number of nitrogens with one attached hydrogen (secondary N) is 1. The Bertz CT molecular complexity index is 501. The summed E-state index contributed by atoms with van der Waals surface area (Å²) in [5.74, 6) is 1.14. The van der Waals surface area contributed by atoms with Crippen LogP contribution in [0.2, 0.25) is 0 Å². The van der Waals surface area contributed by atoms with Crippen LogP contribution in [0, 0.1) is 0 Å². The average Bonchev–Trinajstić information content (AvgIpc) is 2.99. The van der Waals surface area contributed by atoms with Crippen molar-refractivity contribution in [2.24, 2.45) is 0 Å². The Morgan fingerprint density at radius 2 is 2.20 bits per heavy atom. The topological polar surface area (TPSA) is 41.6 Å². The number of carbonyl (C=O) groups is 1. The second kappa shape index (κ2) is 6.14. The number of hydrogen-bond acceptors (Lipinski definition) is 3. The Labute approximate surface area is 127 Å². The molecule has 1 unspecified atom stereocenters. The predicted molar refractivity (Wildman–Crippen MR) is 80.8 cm³/mol. The normalized spacial score (nSPS) is 21.4. The average molecular weight is 339 g/mol. The second-order valence-electron chi connectivity index (χ2n) is 5.34. The minimum Gasteiger partial charge on any atom is -0.493 e. The van der Waals surface area contributed by atoms with Gasteiger partial charge < -0.3 is 15.0 Å². The van der Waals surface area contributed by atoms with Crippen molar-refractivity contribution in [1.29, 1.82) is 0 Å². The van der Waals surface area contributed by atoms with Gasteiger partial charge in [0.15, 0.2) is 0 Å². The van der Waals surface area contributed by atoms with E-state index in [1.807, 2.05) is 17.0 Å². The molecular weight excluding hydrogens is 320 g/mol. The molecule has 1 amide bonds.